The lowest BCUT2D eigenvalue weighted by atomic mass is 10.1. The monoisotopic (exact) mass is 438 g/mol. The number of fused-ring (bicyclic) bond motifs is 1. The van der Waals surface area contributed by atoms with Gasteiger partial charge in [0.1, 0.15) is 11.5 Å². The van der Waals surface area contributed by atoms with Crippen LogP contribution in [0.15, 0.2) is 34.6 Å². The molecule has 0 aliphatic carbocycles. The molecule has 0 saturated heterocycles. The maximum atomic E-state index is 12.7. The summed E-state index contributed by atoms with van der Waals surface area (Å²) in [6.07, 6.45) is 0.870. The first-order chi connectivity index (χ1) is 14.5. The van der Waals surface area contributed by atoms with Gasteiger partial charge in [-0.15, -0.1) is 11.3 Å². The Morgan fingerprint density at radius 1 is 1.33 bits per heavy atom. The number of amides is 1. The second-order valence-corrected chi connectivity index (χ2v) is 7.57. The van der Waals surface area contributed by atoms with E-state index in [1.165, 1.54) is 23.6 Å². The topological polar surface area (TPSA) is 75.2 Å². The molecule has 0 fully saturated rings. The molecule has 2 heterocycles. The fourth-order valence-electron chi connectivity index (χ4n) is 3.16. The number of halogens is 2. The standard InChI is InChI=1S/C20H24F2N4O3S/c1-23-20(24-10-14-9-15(28-2)3-4-16(14)29-19(21)22)25-11-18(27)26-7-5-17-13(12-26)6-8-30-17/h3-4,6,8-9,19H,5,7,10-12H2,1-2H3,(H2,23,24,25). The minimum Gasteiger partial charge on any atom is -0.497 e. The van der Waals surface area contributed by atoms with Gasteiger partial charge in [-0.05, 0) is 41.6 Å². The highest BCUT2D eigenvalue weighted by Gasteiger charge is 2.21. The first-order valence-corrected chi connectivity index (χ1v) is 10.3. The van der Waals surface area contributed by atoms with Gasteiger partial charge in [0.15, 0.2) is 5.96 Å². The van der Waals surface area contributed by atoms with Crippen LogP contribution in [0.3, 0.4) is 0 Å². The number of hydrogen-bond acceptors (Lipinski definition) is 5. The largest absolute Gasteiger partial charge is 0.497 e. The van der Waals surface area contributed by atoms with E-state index >= 15 is 0 Å². The van der Waals surface area contributed by atoms with E-state index in [-0.39, 0.29) is 24.7 Å². The van der Waals surface area contributed by atoms with Crippen LogP contribution in [0.2, 0.25) is 0 Å². The van der Waals surface area contributed by atoms with E-state index < -0.39 is 6.61 Å². The predicted octanol–water partition coefficient (Wildman–Crippen LogP) is 2.61. The van der Waals surface area contributed by atoms with Crippen molar-refractivity contribution in [1.29, 1.82) is 0 Å². The fraction of sp³-hybridized carbons (Fsp3) is 0.400. The zero-order valence-electron chi connectivity index (χ0n) is 16.8. The molecule has 1 aromatic heterocycles. The number of benzene rings is 1. The summed E-state index contributed by atoms with van der Waals surface area (Å²) in [5.74, 6) is 0.912. The number of alkyl halides is 2. The van der Waals surface area contributed by atoms with Crippen molar-refractivity contribution in [3.63, 3.8) is 0 Å². The van der Waals surface area contributed by atoms with Crippen LogP contribution in [0.25, 0.3) is 0 Å². The number of rotatable bonds is 7. The zero-order chi connectivity index (χ0) is 21.5. The molecular formula is C20H24F2N4O3S. The van der Waals surface area contributed by atoms with Crippen LogP contribution in [0.1, 0.15) is 16.0 Å². The van der Waals surface area contributed by atoms with Crippen LogP contribution in [-0.2, 0) is 24.3 Å². The number of guanidine groups is 1. The summed E-state index contributed by atoms with van der Waals surface area (Å²) in [4.78, 5) is 19.8. The molecule has 0 bridgehead atoms. The lowest BCUT2D eigenvalue weighted by Crippen LogP contribution is -2.45. The van der Waals surface area contributed by atoms with E-state index in [1.54, 1.807) is 30.5 Å². The molecule has 2 N–H and O–H groups in total. The van der Waals surface area contributed by atoms with Crippen LogP contribution in [0.4, 0.5) is 8.78 Å². The summed E-state index contributed by atoms with van der Waals surface area (Å²) in [6.45, 7) is -1.38. The second kappa shape index (κ2) is 10.2. The molecule has 162 valence electrons. The Morgan fingerprint density at radius 3 is 2.90 bits per heavy atom. The highest BCUT2D eigenvalue weighted by Crippen LogP contribution is 2.26. The third-order valence-electron chi connectivity index (χ3n) is 4.72. The number of nitrogens with zero attached hydrogens (tertiary/aromatic N) is 2. The van der Waals surface area contributed by atoms with Crippen LogP contribution >= 0.6 is 11.3 Å². The predicted molar refractivity (Wildman–Crippen MR) is 111 cm³/mol. The Morgan fingerprint density at radius 2 is 2.17 bits per heavy atom. The average molecular weight is 439 g/mol. The van der Waals surface area contributed by atoms with E-state index in [1.807, 2.05) is 10.3 Å². The molecule has 0 unspecified atom stereocenters. The maximum Gasteiger partial charge on any atom is 0.387 e. The van der Waals surface area contributed by atoms with Gasteiger partial charge in [0, 0.05) is 37.1 Å². The van der Waals surface area contributed by atoms with Crippen molar-refractivity contribution in [2.45, 2.75) is 26.1 Å². The third kappa shape index (κ3) is 5.59. The van der Waals surface area contributed by atoms with Crippen molar-refractivity contribution in [3.8, 4) is 11.5 Å². The summed E-state index contributed by atoms with van der Waals surface area (Å²) < 4.78 is 35.0. The number of aliphatic imine (C=N–C) groups is 1. The molecule has 2 aromatic rings. The van der Waals surface area contributed by atoms with Gasteiger partial charge in [-0.1, -0.05) is 0 Å². The minimum atomic E-state index is -2.93. The summed E-state index contributed by atoms with van der Waals surface area (Å²) in [7, 11) is 3.06. The van der Waals surface area contributed by atoms with Crippen LogP contribution in [-0.4, -0.2) is 50.6 Å². The van der Waals surface area contributed by atoms with E-state index in [0.29, 0.717) is 30.4 Å². The number of nitrogens with one attached hydrogen (secondary N) is 2. The first-order valence-electron chi connectivity index (χ1n) is 9.39. The Kier molecular flexibility index (Phi) is 7.45. The molecule has 0 saturated carbocycles. The molecule has 1 aliphatic heterocycles. The Labute approximate surface area is 177 Å². The lowest BCUT2D eigenvalue weighted by Gasteiger charge is -2.27. The van der Waals surface area contributed by atoms with Gasteiger partial charge in [0.2, 0.25) is 5.91 Å². The Balaban J connectivity index is 1.54. The molecular weight excluding hydrogens is 414 g/mol. The SMILES string of the molecule is CN=C(NCC(=O)N1CCc2sccc2C1)NCc1cc(OC)ccc1OC(F)F. The van der Waals surface area contributed by atoms with Gasteiger partial charge in [0.25, 0.3) is 0 Å². The molecule has 1 amide bonds. The van der Waals surface area contributed by atoms with Crippen molar-refractivity contribution in [2.24, 2.45) is 4.99 Å². The molecule has 0 radical (unpaired) electrons. The number of carbonyl (C=O) groups excluding carboxylic acids is 1. The van der Waals surface area contributed by atoms with Gasteiger partial charge >= 0.3 is 6.61 Å². The normalized spacial score (nSPS) is 13.8. The van der Waals surface area contributed by atoms with Crippen molar-refractivity contribution in [2.75, 3.05) is 27.2 Å². The van der Waals surface area contributed by atoms with Crippen LogP contribution in [0, 0.1) is 0 Å². The quantitative estimate of drug-likeness (QED) is 0.514. The maximum absolute atomic E-state index is 12.7. The molecule has 7 nitrogen and oxygen atoms in total. The van der Waals surface area contributed by atoms with E-state index in [4.69, 9.17) is 4.74 Å². The number of methoxy groups -OCH3 is 1. The third-order valence-corrected chi connectivity index (χ3v) is 5.74. The summed E-state index contributed by atoms with van der Waals surface area (Å²) in [6, 6.07) is 6.64. The van der Waals surface area contributed by atoms with Crippen molar-refractivity contribution in [3.05, 3.63) is 45.6 Å². The van der Waals surface area contributed by atoms with Gasteiger partial charge in [-0.25, -0.2) is 0 Å². The molecule has 30 heavy (non-hydrogen) atoms. The molecule has 10 heteroatoms. The van der Waals surface area contributed by atoms with Gasteiger partial charge < -0.3 is 25.0 Å². The number of ether oxygens (including phenoxy) is 2. The van der Waals surface area contributed by atoms with Gasteiger partial charge in [-0.2, -0.15) is 8.78 Å². The average Bonchev–Trinajstić information content (AvgIpc) is 3.22. The van der Waals surface area contributed by atoms with E-state index in [0.717, 1.165) is 6.42 Å². The summed E-state index contributed by atoms with van der Waals surface area (Å²) in [5, 5.41) is 8.03. The lowest BCUT2D eigenvalue weighted by molar-refractivity contribution is -0.130. The highest BCUT2D eigenvalue weighted by molar-refractivity contribution is 7.10. The van der Waals surface area contributed by atoms with Crippen molar-refractivity contribution in [1.82, 2.24) is 15.5 Å². The van der Waals surface area contributed by atoms with E-state index in [2.05, 4.69) is 26.4 Å². The fourth-order valence-corrected chi connectivity index (χ4v) is 4.05. The molecule has 0 spiro atoms. The van der Waals surface area contributed by atoms with Crippen molar-refractivity contribution < 1.29 is 23.0 Å². The first kappa shape index (κ1) is 21.8. The molecule has 3 rings (SSSR count). The Hall–Kier alpha value is -2.88. The summed E-state index contributed by atoms with van der Waals surface area (Å²) >= 11 is 1.72. The number of carbonyl (C=O) groups is 1. The number of thiophene rings is 1. The van der Waals surface area contributed by atoms with E-state index in [9.17, 15) is 13.6 Å². The van der Waals surface area contributed by atoms with Crippen molar-refractivity contribution >= 4 is 23.2 Å². The highest BCUT2D eigenvalue weighted by atomic mass is 32.1. The minimum absolute atomic E-state index is 0.0297. The molecule has 1 aliphatic rings. The van der Waals surface area contributed by atoms with Crippen LogP contribution < -0.4 is 20.1 Å². The van der Waals surface area contributed by atoms with Gasteiger partial charge in [0.05, 0.1) is 13.7 Å². The van der Waals surface area contributed by atoms with Gasteiger partial charge in [-0.3, -0.25) is 9.79 Å². The molecule has 0 atom stereocenters. The summed E-state index contributed by atoms with van der Waals surface area (Å²) in [5.41, 5.74) is 1.68. The second-order valence-electron chi connectivity index (χ2n) is 6.57. The number of hydrogen-bond donors (Lipinski definition) is 2. The van der Waals surface area contributed by atoms with Crippen LogP contribution in [0.5, 0.6) is 11.5 Å². The Bertz CT molecular complexity index is 904. The molecule has 1 aromatic carbocycles. The smallest absolute Gasteiger partial charge is 0.387 e. The zero-order valence-corrected chi connectivity index (χ0v) is 17.6.